The average Bonchev–Trinajstić information content (AvgIpc) is 3.07. The van der Waals surface area contributed by atoms with E-state index < -0.39 is 0 Å². The molecule has 0 aliphatic carbocycles. The first-order valence-corrected chi connectivity index (χ1v) is 9.33. The molecule has 0 bridgehead atoms. The number of hydrogen-bond donors (Lipinski definition) is 2. The molecule has 0 saturated heterocycles. The minimum Gasteiger partial charge on any atom is -0.352 e. The van der Waals surface area contributed by atoms with Crippen molar-refractivity contribution in [3.8, 4) is 11.1 Å². The van der Waals surface area contributed by atoms with E-state index in [9.17, 15) is 9.59 Å². The number of aromatic amines is 1. The lowest BCUT2D eigenvalue weighted by Gasteiger charge is -2.08. The summed E-state index contributed by atoms with van der Waals surface area (Å²) in [4.78, 5) is 27.4. The highest BCUT2D eigenvalue weighted by atomic mass is 16.2. The highest BCUT2D eigenvalue weighted by Gasteiger charge is 2.08. The van der Waals surface area contributed by atoms with E-state index in [0.29, 0.717) is 25.1 Å². The molecule has 1 aromatic heterocycles. The van der Waals surface area contributed by atoms with E-state index in [0.717, 1.165) is 22.2 Å². The SMILES string of the molecule is O=C(NCCCn1c(=O)[nH]c2ccccc21)c1cccc(-c2ccccc2)c1. The highest BCUT2D eigenvalue weighted by molar-refractivity contribution is 5.95. The Labute approximate surface area is 162 Å². The molecule has 0 aliphatic rings. The summed E-state index contributed by atoms with van der Waals surface area (Å²) in [5, 5.41) is 2.94. The molecule has 0 saturated carbocycles. The second-order valence-corrected chi connectivity index (χ2v) is 6.66. The smallest absolute Gasteiger partial charge is 0.326 e. The first-order valence-electron chi connectivity index (χ1n) is 9.33. The predicted octanol–water partition coefficient (Wildman–Crippen LogP) is 3.82. The number of aryl methyl sites for hydroxylation is 1. The summed E-state index contributed by atoms with van der Waals surface area (Å²) in [5.74, 6) is -0.107. The van der Waals surface area contributed by atoms with Crippen molar-refractivity contribution in [2.75, 3.05) is 6.54 Å². The first kappa shape index (κ1) is 17.8. The molecule has 4 aromatic rings. The van der Waals surface area contributed by atoms with E-state index in [4.69, 9.17) is 0 Å². The predicted molar refractivity (Wildman–Crippen MR) is 111 cm³/mol. The van der Waals surface area contributed by atoms with Crippen molar-refractivity contribution in [3.63, 3.8) is 0 Å². The van der Waals surface area contributed by atoms with Gasteiger partial charge in [-0.05, 0) is 41.8 Å². The van der Waals surface area contributed by atoms with Crippen molar-refractivity contribution in [1.29, 1.82) is 0 Å². The van der Waals surface area contributed by atoms with Crippen LogP contribution in [0.25, 0.3) is 22.2 Å². The molecule has 140 valence electrons. The number of rotatable bonds is 6. The monoisotopic (exact) mass is 371 g/mol. The molecular formula is C23H21N3O2. The third-order valence-electron chi connectivity index (χ3n) is 4.76. The molecule has 0 unspecified atom stereocenters. The summed E-state index contributed by atoms with van der Waals surface area (Å²) < 4.78 is 1.71. The third-order valence-corrected chi connectivity index (χ3v) is 4.76. The van der Waals surface area contributed by atoms with Crippen molar-refractivity contribution < 1.29 is 4.79 Å². The van der Waals surface area contributed by atoms with Gasteiger partial charge in [0.15, 0.2) is 0 Å². The molecule has 2 N–H and O–H groups in total. The summed E-state index contributed by atoms with van der Waals surface area (Å²) >= 11 is 0. The maximum absolute atomic E-state index is 12.5. The van der Waals surface area contributed by atoms with Gasteiger partial charge in [-0.3, -0.25) is 9.36 Å². The van der Waals surface area contributed by atoms with E-state index in [1.807, 2.05) is 78.9 Å². The van der Waals surface area contributed by atoms with Crippen LogP contribution in [0, 0.1) is 0 Å². The van der Waals surface area contributed by atoms with Gasteiger partial charge in [0.2, 0.25) is 0 Å². The van der Waals surface area contributed by atoms with E-state index in [1.165, 1.54) is 0 Å². The number of carbonyl (C=O) groups excluding carboxylic acids is 1. The molecule has 4 rings (SSSR count). The average molecular weight is 371 g/mol. The van der Waals surface area contributed by atoms with Gasteiger partial charge in [-0.25, -0.2) is 4.79 Å². The minimum absolute atomic E-state index is 0.107. The number of para-hydroxylation sites is 2. The first-order chi connectivity index (χ1) is 13.7. The van der Waals surface area contributed by atoms with Crippen molar-refractivity contribution in [3.05, 3.63) is 94.9 Å². The topological polar surface area (TPSA) is 66.9 Å². The lowest BCUT2D eigenvalue weighted by molar-refractivity contribution is 0.0953. The normalized spacial score (nSPS) is 10.9. The Kier molecular flexibility index (Phi) is 5.06. The zero-order chi connectivity index (χ0) is 19.3. The second-order valence-electron chi connectivity index (χ2n) is 6.66. The Morgan fingerprint density at radius 3 is 2.50 bits per heavy atom. The second kappa shape index (κ2) is 7.96. The number of hydrogen-bond acceptors (Lipinski definition) is 2. The fraction of sp³-hybridized carbons (Fsp3) is 0.130. The van der Waals surface area contributed by atoms with Crippen molar-refractivity contribution in [2.24, 2.45) is 0 Å². The maximum Gasteiger partial charge on any atom is 0.326 e. The number of fused-ring (bicyclic) bond motifs is 1. The van der Waals surface area contributed by atoms with Gasteiger partial charge in [-0.1, -0.05) is 54.6 Å². The van der Waals surface area contributed by atoms with Gasteiger partial charge >= 0.3 is 5.69 Å². The van der Waals surface area contributed by atoms with Gasteiger partial charge in [-0.2, -0.15) is 0 Å². The summed E-state index contributed by atoms with van der Waals surface area (Å²) in [5.41, 5.74) is 4.31. The van der Waals surface area contributed by atoms with Crippen LogP contribution in [0.2, 0.25) is 0 Å². The quantitative estimate of drug-likeness (QED) is 0.506. The van der Waals surface area contributed by atoms with E-state index in [-0.39, 0.29) is 11.6 Å². The lowest BCUT2D eigenvalue weighted by atomic mass is 10.0. The van der Waals surface area contributed by atoms with Gasteiger partial charge < -0.3 is 10.3 Å². The number of carbonyl (C=O) groups is 1. The number of H-pyrrole nitrogens is 1. The number of aromatic nitrogens is 2. The Hall–Kier alpha value is -3.60. The summed E-state index contributed by atoms with van der Waals surface area (Å²) in [6.07, 6.45) is 0.672. The molecule has 5 heteroatoms. The number of nitrogens with zero attached hydrogens (tertiary/aromatic N) is 1. The molecule has 28 heavy (non-hydrogen) atoms. The molecule has 1 heterocycles. The fourth-order valence-corrected chi connectivity index (χ4v) is 3.34. The standard InChI is InChI=1S/C23H21N3O2/c27-22(19-11-6-10-18(16-19)17-8-2-1-3-9-17)24-14-7-15-26-21-13-5-4-12-20(21)25-23(26)28/h1-6,8-13,16H,7,14-15H2,(H,24,27)(H,25,28). The Balaban J connectivity index is 1.37. The van der Waals surface area contributed by atoms with E-state index >= 15 is 0 Å². The van der Waals surface area contributed by atoms with Gasteiger partial charge in [0.1, 0.15) is 0 Å². The molecule has 0 atom stereocenters. The third kappa shape index (κ3) is 3.74. The Bertz CT molecular complexity index is 1160. The zero-order valence-electron chi connectivity index (χ0n) is 15.4. The van der Waals surface area contributed by atoms with Crippen LogP contribution < -0.4 is 11.0 Å². The summed E-state index contributed by atoms with van der Waals surface area (Å²) in [7, 11) is 0. The highest BCUT2D eigenvalue weighted by Crippen LogP contribution is 2.20. The minimum atomic E-state index is -0.122. The largest absolute Gasteiger partial charge is 0.352 e. The van der Waals surface area contributed by atoms with Crippen LogP contribution in [-0.2, 0) is 6.54 Å². The molecule has 1 amide bonds. The lowest BCUT2D eigenvalue weighted by Crippen LogP contribution is -2.26. The van der Waals surface area contributed by atoms with Crippen molar-refractivity contribution in [1.82, 2.24) is 14.9 Å². The van der Waals surface area contributed by atoms with Crippen LogP contribution >= 0.6 is 0 Å². The Morgan fingerprint density at radius 1 is 0.893 bits per heavy atom. The number of benzene rings is 3. The van der Waals surface area contributed by atoms with Crippen LogP contribution in [0.1, 0.15) is 16.8 Å². The van der Waals surface area contributed by atoms with Crippen LogP contribution in [0.3, 0.4) is 0 Å². The van der Waals surface area contributed by atoms with E-state index in [2.05, 4.69) is 10.3 Å². The molecule has 5 nitrogen and oxygen atoms in total. The summed E-state index contributed by atoms with van der Waals surface area (Å²) in [6, 6.07) is 25.2. The molecule has 3 aromatic carbocycles. The van der Waals surface area contributed by atoms with Gasteiger partial charge in [0.05, 0.1) is 11.0 Å². The van der Waals surface area contributed by atoms with Crippen LogP contribution in [0.15, 0.2) is 83.7 Å². The molecule has 0 aliphatic heterocycles. The molecular weight excluding hydrogens is 350 g/mol. The van der Waals surface area contributed by atoms with Gasteiger partial charge in [0, 0.05) is 18.7 Å². The van der Waals surface area contributed by atoms with Crippen LogP contribution in [0.5, 0.6) is 0 Å². The zero-order valence-corrected chi connectivity index (χ0v) is 15.4. The van der Waals surface area contributed by atoms with Crippen molar-refractivity contribution in [2.45, 2.75) is 13.0 Å². The maximum atomic E-state index is 12.5. The van der Waals surface area contributed by atoms with Gasteiger partial charge in [0.25, 0.3) is 5.91 Å². The van der Waals surface area contributed by atoms with Gasteiger partial charge in [-0.15, -0.1) is 0 Å². The van der Waals surface area contributed by atoms with E-state index in [1.54, 1.807) is 4.57 Å². The van der Waals surface area contributed by atoms with Crippen LogP contribution in [0.4, 0.5) is 0 Å². The molecule has 0 spiro atoms. The molecule has 0 fully saturated rings. The summed E-state index contributed by atoms with van der Waals surface area (Å²) in [6.45, 7) is 1.05. The number of nitrogens with one attached hydrogen (secondary N) is 2. The van der Waals surface area contributed by atoms with Crippen LogP contribution in [-0.4, -0.2) is 22.0 Å². The van der Waals surface area contributed by atoms with Crippen molar-refractivity contribution >= 4 is 16.9 Å². The Morgan fingerprint density at radius 2 is 1.64 bits per heavy atom. The fourth-order valence-electron chi connectivity index (χ4n) is 3.34. The number of amides is 1. The molecule has 0 radical (unpaired) electrons. The number of imidazole rings is 1.